The van der Waals surface area contributed by atoms with E-state index in [0.29, 0.717) is 22.3 Å². The number of hydrogen-bond donors (Lipinski definition) is 0. The number of imidazole rings is 1. The van der Waals surface area contributed by atoms with Crippen molar-refractivity contribution in [3.05, 3.63) is 57.8 Å². The molecule has 0 fully saturated rings. The summed E-state index contributed by atoms with van der Waals surface area (Å²) < 4.78 is 2.47. The van der Waals surface area contributed by atoms with Crippen molar-refractivity contribution in [1.82, 2.24) is 14.4 Å². The third-order valence-electron chi connectivity index (χ3n) is 2.72. The van der Waals surface area contributed by atoms with E-state index in [1.54, 1.807) is 28.9 Å². The summed E-state index contributed by atoms with van der Waals surface area (Å²) >= 11 is 9.63. The Morgan fingerprint density at radius 2 is 2.00 bits per heavy atom. The summed E-state index contributed by atoms with van der Waals surface area (Å²) in [5.74, 6) is 0. The lowest BCUT2D eigenvalue weighted by molar-refractivity contribution is 1.08. The van der Waals surface area contributed by atoms with Crippen LogP contribution in [0.25, 0.3) is 21.7 Å². The summed E-state index contributed by atoms with van der Waals surface area (Å²) in [7, 11) is 0. The molecule has 2 heterocycles. The maximum absolute atomic E-state index is 6.95. The highest BCUT2D eigenvalue weighted by molar-refractivity contribution is 9.10. The molecule has 3 rings (SSSR count). The molecule has 0 radical (unpaired) electrons. The van der Waals surface area contributed by atoms with Gasteiger partial charge in [0, 0.05) is 12.4 Å². The number of benzene rings is 1. The van der Waals surface area contributed by atoms with E-state index in [1.165, 1.54) is 0 Å². The Morgan fingerprint density at radius 1 is 1.26 bits per heavy atom. The van der Waals surface area contributed by atoms with Gasteiger partial charge in [-0.15, -0.1) is 0 Å². The van der Waals surface area contributed by atoms with Crippen molar-refractivity contribution in [3.63, 3.8) is 0 Å². The van der Waals surface area contributed by atoms with Crippen molar-refractivity contribution in [2.45, 2.75) is 0 Å². The van der Waals surface area contributed by atoms with E-state index in [2.05, 4.69) is 30.7 Å². The predicted octanol–water partition coefficient (Wildman–Crippen LogP) is 4.36. The predicted molar refractivity (Wildman–Crippen MR) is 77.4 cm³/mol. The molecule has 6 heteroatoms. The summed E-state index contributed by atoms with van der Waals surface area (Å²) in [5, 5.41) is 0.347. The van der Waals surface area contributed by atoms with E-state index in [0.717, 1.165) is 10.0 Å². The van der Waals surface area contributed by atoms with Crippen LogP contribution in [0.15, 0.2) is 41.1 Å². The molecule has 3 aromatic rings. The first-order valence-electron chi connectivity index (χ1n) is 5.36. The Labute approximate surface area is 122 Å². The molecule has 0 bridgehead atoms. The van der Waals surface area contributed by atoms with Gasteiger partial charge in [-0.3, -0.25) is 4.40 Å². The molecule has 1 aromatic carbocycles. The van der Waals surface area contributed by atoms with Crippen LogP contribution in [-0.4, -0.2) is 14.4 Å². The molecule has 4 nitrogen and oxygen atoms in total. The summed E-state index contributed by atoms with van der Waals surface area (Å²) in [6.45, 7) is 6.95. The molecule has 0 aliphatic carbocycles. The zero-order chi connectivity index (χ0) is 13.4. The minimum absolute atomic E-state index is 0.347. The van der Waals surface area contributed by atoms with Crippen molar-refractivity contribution in [2.24, 2.45) is 0 Å². The highest BCUT2D eigenvalue weighted by atomic mass is 79.9. The van der Waals surface area contributed by atoms with E-state index in [1.807, 2.05) is 12.1 Å². The highest BCUT2D eigenvalue weighted by Crippen LogP contribution is 2.32. The second-order valence-electron chi connectivity index (χ2n) is 3.82. The molecule has 0 aliphatic heterocycles. The summed E-state index contributed by atoms with van der Waals surface area (Å²) in [6.07, 6.45) is 3.42. The lowest BCUT2D eigenvalue weighted by Gasteiger charge is -2.07. The Morgan fingerprint density at radius 3 is 2.68 bits per heavy atom. The van der Waals surface area contributed by atoms with Crippen LogP contribution in [0.3, 0.4) is 0 Å². The summed E-state index contributed by atoms with van der Waals surface area (Å²) in [4.78, 5) is 12.0. The number of halogens is 2. The first-order chi connectivity index (χ1) is 9.20. The maximum atomic E-state index is 6.95. The molecular weight excluding hydrogens is 328 g/mol. The van der Waals surface area contributed by atoms with Crippen molar-refractivity contribution in [3.8, 4) is 11.3 Å². The molecule has 0 saturated heterocycles. The number of fused-ring (bicyclic) bond motifs is 1. The van der Waals surface area contributed by atoms with Crippen LogP contribution < -0.4 is 0 Å². The van der Waals surface area contributed by atoms with Gasteiger partial charge in [-0.05, 0) is 33.1 Å². The van der Waals surface area contributed by atoms with E-state index in [9.17, 15) is 0 Å². The fourth-order valence-electron chi connectivity index (χ4n) is 1.80. The van der Waals surface area contributed by atoms with E-state index >= 15 is 0 Å². The molecular formula is C13H6BrClN4. The minimum atomic E-state index is 0.347. The maximum Gasteiger partial charge on any atom is 0.209 e. The van der Waals surface area contributed by atoms with Crippen LogP contribution >= 0.6 is 27.5 Å². The number of rotatable bonds is 1. The van der Waals surface area contributed by atoms with Gasteiger partial charge >= 0.3 is 0 Å². The number of aromatic nitrogens is 3. The van der Waals surface area contributed by atoms with Gasteiger partial charge in [0.15, 0.2) is 11.3 Å². The molecule has 0 N–H and O–H groups in total. The smallest absolute Gasteiger partial charge is 0.209 e. The van der Waals surface area contributed by atoms with Crippen molar-refractivity contribution in [2.75, 3.05) is 0 Å². The molecule has 0 atom stereocenters. The fraction of sp³-hybridized carbons (Fsp3) is 0. The highest BCUT2D eigenvalue weighted by Gasteiger charge is 2.13. The number of hydrogen-bond acceptors (Lipinski definition) is 2. The van der Waals surface area contributed by atoms with Crippen LogP contribution in [0.2, 0.25) is 5.28 Å². The third-order valence-corrected chi connectivity index (χ3v) is 3.71. The minimum Gasteiger partial charge on any atom is -0.273 e. The van der Waals surface area contributed by atoms with Crippen LogP contribution in [0.5, 0.6) is 0 Å². The lowest BCUT2D eigenvalue weighted by Crippen LogP contribution is -1.95. The Balaban J connectivity index is 2.24. The average Bonchev–Trinajstić information content (AvgIpc) is 2.93. The van der Waals surface area contributed by atoms with Crippen LogP contribution in [-0.2, 0) is 0 Å². The van der Waals surface area contributed by atoms with Gasteiger partial charge in [0.2, 0.25) is 5.28 Å². The topological polar surface area (TPSA) is 34.5 Å². The van der Waals surface area contributed by atoms with Gasteiger partial charge in [-0.2, -0.15) is 0 Å². The van der Waals surface area contributed by atoms with Gasteiger partial charge in [-0.1, -0.05) is 24.3 Å². The summed E-state index contributed by atoms with van der Waals surface area (Å²) in [6, 6.07) is 7.19. The summed E-state index contributed by atoms with van der Waals surface area (Å²) in [5.41, 5.74) is 2.89. The van der Waals surface area contributed by atoms with Crippen molar-refractivity contribution >= 4 is 38.9 Å². The third kappa shape index (κ3) is 1.99. The van der Waals surface area contributed by atoms with E-state index in [-0.39, 0.29) is 0 Å². The molecule has 0 unspecified atom stereocenters. The first kappa shape index (κ1) is 12.2. The van der Waals surface area contributed by atoms with Gasteiger partial charge in [0.1, 0.15) is 0 Å². The zero-order valence-corrected chi connectivity index (χ0v) is 11.9. The molecule has 2 aromatic heterocycles. The van der Waals surface area contributed by atoms with Gasteiger partial charge in [0.05, 0.1) is 16.7 Å². The van der Waals surface area contributed by atoms with Crippen LogP contribution in [0.1, 0.15) is 0 Å². The van der Waals surface area contributed by atoms with Gasteiger partial charge in [0.25, 0.3) is 0 Å². The monoisotopic (exact) mass is 332 g/mol. The Hall–Kier alpha value is -1.90. The average molecular weight is 334 g/mol. The van der Waals surface area contributed by atoms with Crippen LogP contribution in [0.4, 0.5) is 5.69 Å². The Kier molecular flexibility index (Phi) is 2.97. The Bertz CT molecular complexity index is 802. The van der Waals surface area contributed by atoms with Gasteiger partial charge in [-0.25, -0.2) is 14.8 Å². The fourth-order valence-corrected chi connectivity index (χ4v) is 2.63. The van der Waals surface area contributed by atoms with E-state index in [4.69, 9.17) is 18.2 Å². The molecule has 0 aliphatic rings. The number of nitrogens with zero attached hydrogens (tertiary/aromatic N) is 4. The van der Waals surface area contributed by atoms with Crippen molar-refractivity contribution < 1.29 is 0 Å². The standard InChI is InChI=1S/C13H6BrClN4/c1-16-9-4-2-8(3-5-9)11-10(14)12-17-6-7-19(12)13(15)18-11/h2-7H. The normalized spacial score (nSPS) is 10.6. The molecule has 0 spiro atoms. The molecule has 0 saturated carbocycles. The second kappa shape index (κ2) is 4.65. The second-order valence-corrected chi connectivity index (χ2v) is 4.95. The van der Waals surface area contributed by atoms with Gasteiger partial charge < -0.3 is 0 Å². The van der Waals surface area contributed by atoms with Crippen LogP contribution in [0, 0.1) is 6.57 Å². The zero-order valence-electron chi connectivity index (χ0n) is 9.51. The SMILES string of the molecule is [C-]#[N+]c1ccc(-c2nc(Cl)n3ccnc3c2Br)cc1. The van der Waals surface area contributed by atoms with E-state index < -0.39 is 0 Å². The first-order valence-corrected chi connectivity index (χ1v) is 6.54. The lowest BCUT2D eigenvalue weighted by atomic mass is 10.1. The largest absolute Gasteiger partial charge is 0.273 e. The molecule has 19 heavy (non-hydrogen) atoms. The van der Waals surface area contributed by atoms with Crippen molar-refractivity contribution in [1.29, 1.82) is 0 Å². The molecule has 92 valence electrons. The molecule has 0 amide bonds. The quantitative estimate of drug-likeness (QED) is 0.490.